The summed E-state index contributed by atoms with van der Waals surface area (Å²) in [6.45, 7) is 17.0. The van der Waals surface area contributed by atoms with Crippen LogP contribution < -0.4 is 0 Å². The highest BCUT2D eigenvalue weighted by molar-refractivity contribution is 6.69. The Hall–Kier alpha value is 0.274. The molecule has 1 aliphatic rings. The molecule has 1 aliphatic heterocycles. The molecule has 0 aliphatic carbocycles. The Balaban J connectivity index is 0. The van der Waals surface area contributed by atoms with Gasteiger partial charge in [0, 0.05) is 0 Å². The van der Waals surface area contributed by atoms with Gasteiger partial charge in [0.2, 0.25) is 0 Å². The number of aliphatic hydroxyl groups excluding tert-OH is 1. The smallest absolute Gasteiger partial charge is 0.184 e. The van der Waals surface area contributed by atoms with Crippen molar-refractivity contribution in [1.29, 1.82) is 0 Å². The summed E-state index contributed by atoms with van der Waals surface area (Å²) in [4.78, 5) is 8.66. The van der Waals surface area contributed by atoms with Crippen molar-refractivity contribution < 1.29 is 19.1 Å². The van der Waals surface area contributed by atoms with Crippen molar-refractivity contribution in [1.82, 2.24) is 0 Å². The molecule has 1 saturated heterocycles. The summed E-state index contributed by atoms with van der Waals surface area (Å²) in [5.41, 5.74) is 0. The van der Waals surface area contributed by atoms with Crippen molar-refractivity contribution in [2.24, 2.45) is 0 Å². The van der Waals surface area contributed by atoms with Gasteiger partial charge in [0.05, 0.1) is 25.4 Å². The van der Waals surface area contributed by atoms with E-state index in [-0.39, 0.29) is 12.7 Å². The third kappa shape index (κ3) is 36.0. The van der Waals surface area contributed by atoms with Crippen molar-refractivity contribution in [3.05, 3.63) is 0 Å². The second kappa shape index (κ2) is 9.22. The second-order valence-electron chi connectivity index (χ2n) is 6.54. The van der Waals surface area contributed by atoms with Gasteiger partial charge in [-0.15, -0.1) is 0 Å². The van der Waals surface area contributed by atoms with E-state index in [0.29, 0.717) is 6.10 Å². The van der Waals surface area contributed by atoms with Crippen LogP contribution >= 0.6 is 0 Å². The van der Waals surface area contributed by atoms with Gasteiger partial charge in [-0.1, -0.05) is 0 Å². The molecule has 0 amide bonds. The predicted octanol–water partition coefficient (Wildman–Crippen LogP) is 2.44. The third-order valence-electron chi connectivity index (χ3n) is 1.31. The number of aliphatic hydroxyl groups is 1. The van der Waals surface area contributed by atoms with Gasteiger partial charge >= 0.3 is 0 Å². The van der Waals surface area contributed by atoms with Crippen molar-refractivity contribution in [3.8, 4) is 0 Å². The number of epoxide rings is 1. The molecular weight excluding hydrogens is 264 g/mol. The van der Waals surface area contributed by atoms with Gasteiger partial charge in [-0.3, -0.25) is 0 Å². The summed E-state index contributed by atoms with van der Waals surface area (Å²) in [5.74, 6) is 0. The Morgan fingerprint density at radius 1 is 1.22 bits per heavy atom. The summed E-state index contributed by atoms with van der Waals surface area (Å²) in [5, 5.41) is 8.60. The minimum atomic E-state index is -1.61. The monoisotopic (exact) mass is 296 g/mol. The molecule has 6 heteroatoms. The lowest BCUT2D eigenvalue weighted by Gasteiger charge is -2.21. The summed E-state index contributed by atoms with van der Waals surface area (Å²) < 4.78 is 10.2. The maximum atomic E-state index is 8.66. The zero-order valence-corrected chi connectivity index (χ0v) is 15.3. The molecule has 0 spiro atoms. The zero-order chi connectivity index (χ0) is 15.0. The summed E-state index contributed by atoms with van der Waals surface area (Å²) >= 11 is 0. The molecule has 0 aromatic carbocycles. The van der Waals surface area contributed by atoms with Crippen molar-refractivity contribution in [3.63, 3.8) is 0 Å². The molecular formula is C12H32O4Si2. The molecule has 112 valence electrons. The highest BCUT2D eigenvalue weighted by atomic mass is 28.4. The molecule has 0 bridgehead atoms. The molecule has 2 atom stereocenters. The van der Waals surface area contributed by atoms with E-state index in [2.05, 4.69) is 26.6 Å². The second-order valence-corrected chi connectivity index (χ2v) is 15.3. The Labute approximate surface area is 115 Å². The number of ether oxygens (including phenoxy) is 1. The van der Waals surface area contributed by atoms with E-state index >= 15 is 0 Å². The first kappa shape index (κ1) is 20.6. The Kier molecular flexibility index (Phi) is 10.5. The summed E-state index contributed by atoms with van der Waals surface area (Å²) in [7, 11) is -3.01. The van der Waals surface area contributed by atoms with Crippen LogP contribution in [0.25, 0.3) is 0 Å². The fourth-order valence-electron chi connectivity index (χ4n) is 0.737. The highest BCUT2D eigenvalue weighted by Crippen LogP contribution is 2.05. The van der Waals surface area contributed by atoms with E-state index in [1.165, 1.54) is 0 Å². The van der Waals surface area contributed by atoms with Crippen LogP contribution in [0.5, 0.6) is 0 Å². The van der Waals surface area contributed by atoms with E-state index in [0.717, 1.165) is 6.61 Å². The van der Waals surface area contributed by atoms with Gasteiger partial charge in [0.25, 0.3) is 0 Å². The first-order chi connectivity index (χ1) is 7.85. The average Bonchev–Trinajstić information content (AvgIpc) is 2.82. The topological polar surface area (TPSA) is 62.2 Å². The normalized spacial score (nSPS) is 20.0. The van der Waals surface area contributed by atoms with Crippen LogP contribution in [-0.2, 0) is 9.16 Å². The molecule has 1 rings (SSSR count). The van der Waals surface area contributed by atoms with E-state index in [1.807, 2.05) is 26.6 Å². The number of rotatable bonds is 3. The molecule has 0 aromatic heterocycles. The van der Waals surface area contributed by atoms with E-state index < -0.39 is 16.6 Å². The molecule has 1 heterocycles. The fourth-order valence-corrected chi connectivity index (χ4v) is 2.02. The molecule has 4 nitrogen and oxygen atoms in total. The first-order valence-corrected chi connectivity index (χ1v) is 13.3. The molecule has 1 fully saturated rings. The quantitative estimate of drug-likeness (QED) is 0.620. The lowest BCUT2D eigenvalue weighted by molar-refractivity contribution is 0.124. The summed E-state index contributed by atoms with van der Waals surface area (Å²) in [6.07, 6.45) is 0.594. The van der Waals surface area contributed by atoms with Gasteiger partial charge < -0.3 is 19.1 Å². The van der Waals surface area contributed by atoms with Crippen LogP contribution in [0.3, 0.4) is 0 Å². The average molecular weight is 297 g/mol. The van der Waals surface area contributed by atoms with Gasteiger partial charge in [-0.25, -0.2) is 0 Å². The molecule has 0 aromatic rings. The minimum absolute atomic E-state index is 0.0108. The third-order valence-corrected chi connectivity index (χ3v) is 2.42. The number of hydrogen-bond acceptors (Lipinski definition) is 4. The van der Waals surface area contributed by atoms with Gasteiger partial charge in [0.15, 0.2) is 16.6 Å². The minimum Gasteiger partial charge on any atom is -0.433 e. The SMILES string of the molecule is CC(CO)O[Si](C)(C)C.CC1CO1.C[Si](C)(C)O. The lowest BCUT2D eigenvalue weighted by atomic mass is 10.5. The van der Waals surface area contributed by atoms with E-state index in [1.54, 1.807) is 0 Å². The Morgan fingerprint density at radius 2 is 1.50 bits per heavy atom. The van der Waals surface area contributed by atoms with Crippen LogP contribution in [0, 0.1) is 0 Å². The Bertz CT molecular complexity index is 189. The van der Waals surface area contributed by atoms with Crippen molar-refractivity contribution in [2.75, 3.05) is 13.2 Å². The van der Waals surface area contributed by atoms with Gasteiger partial charge in [-0.05, 0) is 53.1 Å². The summed E-state index contributed by atoms with van der Waals surface area (Å²) in [6, 6.07) is 0. The molecule has 18 heavy (non-hydrogen) atoms. The predicted molar refractivity (Wildman–Crippen MR) is 82.0 cm³/mol. The molecule has 0 saturated carbocycles. The maximum absolute atomic E-state index is 8.66. The number of hydrogen-bond donors (Lipinski definition) is 2. The van der Waals surface area contributed by atoms with Gasteiger partial charge in [-0.2, -0.15) is 0 Å². The van der Waals surface area contributed by atoms with Crippen molar-refractivity contribution >= 4 is 16.6 Å². The molecule has 2 N–H and O–H groups in total. The lowest BCUT2D eigenvalue weighted by Crippen LogP contribution is -2.32. The largest absolute Gasteiger partial charge is 0.433 e. The van der Waals surface area contributed by atoms with Crippen LogP contribution in [0.1, 0.15) is 13.8 Å². The first-order valence-electron chi connectivity index (χ1n) is 6.48. The highest BCUT2D eigenvalue weighted by Gasteiger charge is 2.17. The fraction of sp³-hybridized carbons (Fsp3) is 1.00. The van der Waals surface area contributed by atoms with E-state index in [4.69, 9.17) is 19.1 Å². The van der Waals surface area contributed by atoms with Crippen LogP contribution in [0.4, 0.5) is 0 Å². The molecule has 2 unspecified atom stereocenters. The standard InChI is InChI=1S/C6H16O2Si.C3H10OSi.C3H6O/c1-6(5-7)8-9(2,3)4;1-5(2,3)4;1-3-2-4-3/h6-7H,5H2,1-4H3;4H,1-3H3;3H,2H2,1H3. The Morgan fingerprint density at radius 3 is 1.56 bits per heavy atom. The van der Waals surface area contributed by atoms with Crippen molar-refractivity contribution in [2.45, 2.75) is 65.3 Å². The van der Waals surface area contributed by atoms with Crippen LogP contribution in [-0.4, -0.2) is 52.0 Å². The van der Waals surface area contributed by atoms with E-state index in [9.17, 15) is 0 Å². The van der Waals surface area contributed by atoms with Gasteiger partial charge in [0.1, 0.15) is 0 Å². The maximum Gasteiger partial charge on any atom is 0.184 e. The van der Waals surface area contributed by atoms with Crippen LogP contribution in [0.2, 0.25) is 39.3 Å². The molecule has 0 radical (unpaired) electrons. The zero-order valence-electron chi connectivity index (χ0n) is 13.3. The van der Waals surface area contributed by atoms with Crippen LogP contribution in [0.15, 0.2) is 0 Å².